The zero-order chi connectivity index (χ0) is 20.4. The van der Waals surface area contributed by atoms with Crippen molar-refractivity contribution in [3.05, 3.63) is 30.6 Å². The molecular formula is C20H24N6O3. The molecule has 4 rings (SSSR count). The first kappa shape index (κ1) is 19.1. The number of benzene rings is 1. The number of hydrogen-bond acceptors (Lipinski definition) is 5. The van der Waals surface area contributed by atoms with Gasteiger partial charge >= 0.3 is 0 Å². The molecule has 1 unspecified atom stereocenters. The Morgan fingerprint density at radius 1 is 1.07 bits per heavy atom. The fourth-order valence-electron chi connectivity index (χ4n) is 3.82. The first-order valence-corrected chi connectivity index (χ1v) is 9.89. The molecule has 2 aliphatic heterocycles. The molecule has 29 heavy (non-hydrogen) atoms. The van der Waals surface area contributed by atoms with E-state index in [1.807, 2.05) is 40.7 Å². The lowest BCUT2D eigenvalue weighted by Crippen LogP contribution is -2.43. The molecule has 3 heterocycles. The summed E-state index contributed by atoms with van der Waals surface area (Å²) in [7, 11) is 0. The van der Waals surface area contributed by atoms with Gasteiger partial charge in [-0.15, -0.1) is 0 Å². The van der Waals surface area contributed by atoms with E-state index in [0.717, 1.165) is 11.0 Å². The van der Waals surface area contributed by atoms with Gasteiger partial charge in [-0.2, -0.15) is 5.10 Å². The summed E-state index contributed by atoms with van der Waals surface area (Å²) in [5, 5.41) is 3.90. The van der Waals surface area contributed by atoms with Crippen molar-refractivity contribution < 1.29 is 14.4 Å². The second-order valence-electron chi connectivity index (χ2n) is 7.38. The SMILES string of the molecule is CC(C(=O)N1CCCN(C(=O)C2=NNC(=O)CC2)CC1)n1cnc2ccccc21. The quantitative estimate of drug-likeness (QED) is 0.834. The summed E-state index contributed by atoms with van der Waals surface area (Å²) in [6, 6.07) is 7.37. The first-order chi connectivity index (χ1) is 14.0. The van der Waals surface area contributed by atoms with Crippen LogP contribution in [0.5, 0.6) is 0 Å². The van der Waals surface area contributed by atoms with E-state index in [0.29, 0.717) is 44.7 Å². The van der Waals surface area contributed by atoms with Gasteiger partial charge in [-0.05, 0) is 25.5 Å². The summed E-state index contributed by atoms with van der Waals surface area (Å²) in [5.74, 6) is -0.312. The molecule has 1 aromatic heterocycles. The highest BCUT2D eigenvalue weighted by molar-refractivity contribution is 6.39. The molecule has 1 aromatic carbocycles. The van der Waals surface area contributed by atoms with Crippen LogP contribution in [0.15, 0.2) is 35.7 Å². The number of hydrazone groups is 1. The molecule has 1 fully saturated rings. The summed E-state index contributed by atoms with van der Waals surface area (Å²) in [5.41, 5.74) is 4.53. The number of rotatable bonds is 3. The first-order valence-electron chi connectivity index (χ1n) is 9.89. The van der Waals surface area contributed by atoms with Gasteiger partial charge in [-0.25, -0.2) is 10.4 Å². The molecule has 2 aromatic rings. The number of para-hydroxylation sites is 2. The van der Waals surface area contributed by atoms with E-state index in [1.54, 1.807) is 11.2 Å². The van der Waals surface area contributed by atoms with Crippen LogP contribution in [0.4, 0.5) is 0 Å². The van der Waals surface area contributed by atoms with Crippen LogP contribution in [0.25, 0.3) is 11.0 Å². The maximum Gasteiger partial charge on any atom is 0.270 e. The van der Waals surface area contributed by atoms with Crippen LogP contribution in [0.3, 0.4) is 0 Å². The van der Waals surface area contributed by atoms with Gasteiger partial charge in [0.25, 0.3) is 5.91 Å². The van der Waals surface area contributed by atoms with Crippen LogP contribution < -0.4 is 5.43 Å². The Balaban J connectivity index is 1.42. The number of carbonyl (C=O) groups excluding carboxylic acids is 3. The highest BCUT2D eigenvalue weighted by Gasteiger charge is 2.29. The van der Waals surface area contributed by atoms with E-state index in [2.05, 4.69) is 15.5 Å². The molecule has 152 valence electrons. The van der Waals surface area contributed by atoms with E-state index in [1.165, 1.54) is 0 Å². The number of imidazole rings is 1. The molecule has 1 N–H and O–H groups in total. The summed E-state index contributed by atoms with van der Waals surface area (Å²) in [6.45, 7) is 3.97. The molecule has 1 atom stereocenters. The molecule has 1 saturated heterocycles. The van der Waals surface area contributed by atoms with E-state index in [4.69, 9.17) is 0 Å². The normalized spacial score (nSPS) is 18.8. The molecule has 0 bridgehead atoms. The number of nitrogens with zero attached hydrogens (tertiary/aromatic N) is 5. The third kappa shape index (κ3) is 3.85. The largest absolute Gasteiger partial charge is 0.339 e. The fourth-order valence-corrected chi connectivity index (χ4v) is 3.82. The number of hydrogen-bond donors (Lipinski definition) is 1. The zero-order valence-electron chi connectivity index (χ0n) is 16.4. The minimum absolute atomic E-state index is 0.0183. The van der Waals surface area contributed by atoms with Crippen LogP contribution in [0.2, 0.25) is 0 Å². The smallest absolute Gasteiger partial charge is 0.270 e. The summed E-state index contributed by atoms with van der Waals surface area (Å²) in [6.07, 6.45) is 3.04. The lowest BCUT2D eigenvalue weighted by atomic mass is 10.1. The van der Waals surface area contributed by atoms with Crippen molar-refractivity contribution >= 4 is 34.5 Å². The van der Waals surface area contributed by atoms with Crippen LogP contribution in [-0.2, 0) is 14.4 Å². The third-order valence-electron chi connectivity index (χ3n) is 5.50. The second kappa shape index (κ2) is 8.02. The van der Waals surface area contributed by atoms with Crippen molar-refractivity contribution in [2.24, 2.45) is 5.10 Å². The van der Waals surface area contributed by atoms with Crippen molar-refractivity contribution in [2.45, 2.75) is 32.2 Å². The average Bonchev–Trinajstić information content (AvgIpc) is 3.02. The van der Waals surface area contributed by atoms with Crippen molar-refractivity contribution in [2.75, 3.05) is 26.2 Å². The van der Waals surface area contributed by atoms with Crippen molar-refractivity contribution in [3.63, 3.8) is 0 Å². The molecule has 2 aliphatic rings. The summed E-state index contributed by atoms with van der Waals surface area (Å²) in [4.78, 5) is 44.9. The topological polar surface area (TPSA) is 99.9 Å². The minimum atomic E-state index is -0.373. The molecule has 9 nitrogen and oxygen atoms in total. The van der Waals surface area contributed by atoms with Crippen LogP contribution in [0, 0.1) is 0 Å². The van der Waals surface area contributed by atoms with Gasteiger partial charge in [0.1, 0.15) is 11.8 Å². The van der Waals surface area contributed by atoms with Crippen molar-refractivity contribution in [1.29, 1.82) is 0 Å². The highest BCUT2D eigenvalue weighted by Crippen LogP contribution is 2.20. The lowest BCUT2D eigenvalue weighted by Gasteiger charge is -2.26. The van der Waals surface area contributed by atoms with E-state index in [-0.39, 0.29) is 30.2 Å². The molecule has 9 heteroatoms. The maximum atomic E-state index is 13.1. The minimum Gasteiger partial charge on any atom is -0.339 e. The van der Waals surface area contributed by atoms with Crippen molar-refractivity contribution in [3.8, 4) is 0 Å². The van der Waals surface area contributed by atoms with E-state index in [9.17, 15) is 14.4 Å². The highest BCUT2D eigenvalue weighted by atomic mass is 16.2. The van der Waals surface area contributed by atoms with Crippen LogP contribution >= 0.6 is 0 Å². The van der Waals surface area contributed by atoms with Gasteiger partial charge in [0.05, 0.1) is 17.4 Å². The Hall–Kier alpha value is -3.23. The number of aromatic nitrogens is 2. The monoisotopic (exact) mass is 396 g/mol. The molecule has 0 spiro atoms. The van der Waals surface area contributed by atoms with Crippen LogP contribution in [-0.4, -0.2) is 69.0 Å². The third-order valence-corrected chi connectivity index (χ3v) is 5.50. The Bertz CT molecular complexity index is 982. The molecule has 3 amide bonds. The second-order valence-corrected chi connectivity index (χ2v) is 7.38. The molecule has 0 radical (unpaired) electrons. The lowest BCUT2D eigenvalue weighted by molar-refractivity contribution is -0.134. The number of fused-ring (bicyclic) bond motifs is 1. The predicted molar refractivity (Wildman–Crippen MR) is 107 cm³/mol. The van der Waals surface area contributed by atoms with Crippen LogP contribution in [0.1, 0.15) is 32.2 Å². The van der Waals surface area contributed by atoms with Gasteiger partial charge in [0, 0.05) is 39.0 Å². The van der Waals surface area contributed by atoms with E-state index >= 15 is 0 Å². The Labute approximate surface area is 168 Å². The standard InChI is InChI=1S/C20H24N6O3/c1-14(26-13-21-15-5-2-3-6-17(15)26)19(28)24-9-4-10-25(12-11-24)20(29)16-7-8-18(27)23-22-16/h2-3,5-6,13-14H,4,7-12H2,1H3,(H,23,27). The van der Waals surface area contributed by atoms with Gasteiger partial charge in [0.15, 0.2) is 0 Å². The molecule has 0 saturated carbocycles. The number of nitrogens with one attached hydrogen (secondary N) is 1. The fraction of sp³-hybridized carbons (Fsp3) is 0.450. The molecular weight excluding hydrogens is 372 g/mol. The summed E-state index contributed by atoms with van der Waals surface area (Å²) >= 11 is 0. The Morgan fingerprint density at radius 3 is 2.62 bits per heavy atom. The van der Waals surface area contributed by atoms with Gasteiger partial charge in [-0.1, -0.05) is 12.1 Å². The van der Waals surface area contributed by atoms with Gasteiger partial charge in [-0.3, -0.25) is 14.4 Å². The Morgan fingerprint density at radius 2 is 1.83 bits per heavy atom. The van der Waals surface area contributed by atoms with Crippen molar-refractivity contribution in [1.82, 2.24) is 24.8 Å². The number of amides is 3. The summed E-state index contributed by atoms with van der Waals surface area (Å²) < 4.78 is 1.89. The number of carbonyl (C=O) groups is 3. The predicted octanol–water partition coefficient (Wildman–Crippen LogP) is 0.924. The van der Waals surface area contributed by atoms with Gasteiger partial charge in [0.2, 0.25) is 11.8 Å². The average molecular weight is 396 g/mol. The molecule has 0 aliphatic carbocycles. The maximum absolute atomic E-state index is 13.1. The Kier molecular flexibility index (Phi) is 5.28. The van der Waals surface area contributed by atoms with E-state index < -0.39 is 0 Å². The van der Waals surface area contributed by atoms with Gasteiger partial charge < -0.3 is 14.4 Å². The zero-order valence-corrected chi connectivity index (χ0v) is 16.4.